The van der Waals surface area contributed by atoms with E-state index in [4.69, 9.17) is 4.74 Å². The van der Waals surface area contributed by atoms with Crippen LogP contribution in [-0.4, -0.2) is 51.4 Å². The number of nitrogens with zero attached hydrogens (tertiary/aromatic N) is 5. The molecule has 1 fully saturated rings. The minimum atomic E-state index is -0.557. The Morgan fingerprint density at radius 2 is 2.00 bits per heavy atom. The molecule has 0 saturated carbocycles. The highest BCUT2D eigenvalue weighted by Gasteiger charge is 2.32. The zero-order valence-corrected chi connectivity index (χ0v) is 18.5. The molecule has 9 nitrogen and oxygen atoms in total. The summed E-state index contributed by atoms with van der Waals surface area (Å²) in [6.07, 6.45) is 1.53. The van der Waals surface area contributed by atoms with Gasteiger partial charge in [-0.15, -0.1) is 5.10 Å². The third-order valence-corrected chi connectivity index (χ3v) is 5.56. The Labute approximate surface area is 190 Å². The summed E-state index contributed by atoms with van der Waals surface area (Å²) in [4.78, 5) is 24.6. The number of ether oxygens (including phenoxy) is 1. The summed E-state index contributed by atoms with van der Waals surface area (Å²) in [5.74, 6) is 0.221. The number of aryl methyl sites for hydroxylation is 3. The van der Waals surface area contributed by atoms with E-state index >= 15 is 0 Å². The number of amides is 2. The fourth-order valence-electron chi connectivity index (χ4n) is 3.76. The van der Waals surface area contributed by atoms with Crippen molar-refractivity contribution in [3.63, 3.8) is 0 Å². The van der Waals surface area contributed by atoms with Crippen LogP contribution in [0.5, 0.6) is 0 Å². The highest BCUT2D eigenvalue weighted by atomic mass is 19.1. The van der Waals surface area contributed by atoms with E-state index in [-0.39, 0.29) is 19.0 Å². The van der Waals surface area contributed by atoms with Crippen LogP contribution < -0.4 is 10.2 Å². The lowest BCUT2D eigenvalue weighted by Crippen LogP contribution is -2.33. The van der Waals surface area contributed by atoms with E-state index in [2.05, 4.69) is 20.8 Å². The number of nitrogens with one attached hydrogen (secondary N) is 1. The molecule has 0 aliphatic carbocycles. The van der Waals surface area contributed by atoms with E-state index in [1.165, 1.54) is 17.9 Å². The van der Waals surface area contributed by atoms with E-state index < -0.39 is 18.0 Å². The Bertz CT molecular complexity index is 1150. The van der Waals surface area contributed by atoms with Gasteiger partial charge in [0.15, 0.2) is 5.82 Å². The maximum Gasteiger partial charge on any atom is 0.414 e. The number of rotatable bonds is 8. The first-order valence-electron chi connectivity index (χ1n) is 10.7. The number of carbonyl (C=O) groups is 2. The van der Waals surface area contributed by atoms with Gasteiger partial charge in [0.05, 0.1) is 18.8 Å². The van der Waals surface area contributed by atoms with Crippen molar-refractivity contribution in [3.8, 4) is 11.1 Å². The Kier molecular flexibility index (Phi) is 6.62. The molecule has 1 aliphatic rings. The summed E-state index contributed by atoms with van der Waals surface area (Å²) >= 11 is 0. The SMILES string of the molecule is CC(=O)NC[C@H]1CN(c2ccc(-c3ccc(CCCc4nnnn4C)cc3)c(F)c2)C(=O)O1. The first-order valence-corrected chi connectivity index (χ1v) is 10.7. The van der Waals surface area contributed by atoms with Gasteiger partial charge in [-0.2, -0.15) is 0 Å². The first-order chi connectivity index (χ1) is 15.9. The molecular formula is C23H25FN6O3. The second-order valence-corrected chi connectivity index (χ2v) is 7.99. The zero-order valence-electron chi connectivity index (χ0n) is 18.5. The van der Waals surface area contributed by atoms with Gasteiger partial charge in [-0.3, -0.25) is 9.69 Å². The summed E-state index contributed by atoms with van der Waals surface area (Å²) in [5.41, 5.74) is 2.78. The maximum absolute atomic E-state index is 14.9. The molecule has 33 heavy (non-hydrogen) atoms. The summed E-state index contributed by atoms with van der Waals surface area (Å²) in [6, 6.07) is 12.5. The van der Waals surface area contributed by atoms with Crippen LogP contribution in [0.3, 0.4) is 0 Å². The molecule has 0 bridgehead atoms. The summed E-state index contributed by atoms with van der Waals surface area (Å²) in [5, 5.41) is 14.1. The van der Waals surface area contributed by atoms with Crippen LogP contribution in [0.2, 0.25) is 0 Å². The van der Waals surface area contributed by atoms with E-state index in [0.29, 0.717) is 11.3 Å². The predicted octanol–water partition coefficient (Wildman–Crippen LogP) is 2.65. The van der Waals surface area contributed by atoms with Crippen molar-refractivity contribution in [1.29, 1.82) is 0 Å². The van der Waals surface area contributed by atoms with Crippen LogP contribution in [0.25, 0.3) is 11.1 Å². The van der Waals surface area contributed by atoms with Crippen molar-refractivity contribution in [2.75, 3.05) is 18.0 Å². The van der Waals surface area contributed by atoms with Gasteiger partial charge in [-0.1, -0.05) is 24.3 Å². The Morgan fingerprint density at radius 1 is 1.21 bits per heavy atom. The van der Waals surface area contributed by atoms with Gasteiger partial charge in [0.2, 0.25) is 5.91 Å². The molecule has 1 aromatic heterocycles. The molecule has 3 aromatic rings. The monoisotopic (exact) mass is 452 g/mol. The fourth-order valence-corrected chi connectivity index (χ4v) is 3.76. The number of cyclic esters (lactones) is 1. The fraction of sp³-hybridized carbons (Fsp3) is 0.348. The minimum Gasteiger partial charge on any atom is -0.442 e. The summed E-state index contributed by atoms with van der Waals surface area (Å²) < 4.78 is 21.8. The normalized spacial score (nSPS) is 15.5. The molecule has 4 rings (SSSR count). The lowest BCUT2D eigenvalue weighted by atomic mass is 10.0. The van der Waals surface area contributed by atoms with Crippen LogP contribution in [0.1, 0.15) is 24.7 Å². The van der Waals surface area contributed by atoms with E-state index in [0.717, 1.165) is 36.2 Å². The largest absolute Gasteiger partial charge is 0.442 e. The molecule has 1 atom stereocenters. The Morgan fingerprint density at radius 3 is 2.67 bits per heavy atom. The molecular weight excluding hydrogens is 427 g/mol. The van der Waals surface area contributed by atoms with Crippen LogP contribution in [0.4, 0.5) is 14.9 Å². The number of anilines is 1. The van der Waals surface area contributed by atoms with Crippen LogP contribution in [0, 0.1) is 5.82 Å². The van der Waals surface area contributed by atoms with E-state index in [1.54, 1.807) is 16.8 Å². The molecule has 1 saturated heterocycles. The summed E-state index contributed by atoms with van der Waals surface area (Å²) in [6.45, 7) is 1.86. The quantitative estimate of drug-likeness (QED) is 0.564. The number of tetrazole rings is 1. The number of hydrogen-bond acceptors (Lipinski definition) is 6. The Balaban J connectivity index is 1.38. The zero-order chi connectivity index (χ0) is 23.4. The number of benzene rings is 2. The number of carbonyl (C=O) groups excluding carboxylic acids is 2. The topological polar surface area (TPSA) is 102 Å². The molecule has 0 unspecified atom stereocenters. The van der Waals surface area contributed by atoms with Crippen molar-refractivity contribution < 1.29 is 18.7 Å². The number of hydrogen-bond donors (Lipinski definition) is 1. The second kappa shape index (κ2) is 9.76. The molecule has 0 spiro atoms. The van der Waals surface area contributed by atoms with Crippen LogP contribution >= 0.6 is 0 Å². The van der Waals surface area contributed by atoms with E-state index in [1.807, 2.05) is 31.3 Å². The standard InChI is InChI=1S/C23H25FN6O3/c1-15(31)25-13-19-14-30(23(32)33-19)18-10-11-20(21(24)12-18)17-8-6-16(7-9-17)4-3-5-22-26-27-28-29(22)2/h6-12,19H,3-5,13-14H2,1-2H3,(H,25,31)/t19-/m0/s1. The van der Waals surface area contributed by atoms with Crippen molar-refractivity contribution in [1.82, 2.24) is 25.5 Å². The molecule has 0 radical (unpaired) electrons. The van der Waals surface area contributed by atoms with Crippen molar-refractivity contribution in [3.05, 3.63) is 59.7 Å². The Hall–Kier alpha value is -3.82. The molecule has 2 heterocycles. The van der Waals surface area contributed by atoms with Gasteiger partial charge in [0, 0.05) is 26.0 Å². The van der Waals surface area contributed by atoms with Crippen molar-refractivity contribution in [2.45, 2.75) is 32.3 Å². The molecule has 2 amide bonds. The second-order valence-electron chi connectivity index (χ2n) is 7.99. The average Bonchev–Trinajstić information content (AvgIpc) is 3.38. The van der Waals surface area contributed by atoms with Gasteiger partial charge >= 0.3 is 6.09 Å². The molecule has 10 heteroatoms. The van der Waals surface area contributed by atoms with Gasteiger partial charge in [0.25, 0.3) is 0 Å². The molecule has 1 aliphatic heterocycles. The highest BCUT2D eigenvalue weighted by Crippen LogP contribution is 2.29. The minimum absolute atomic E-state index is 0.200. The van der Waals surface area contributed by atoms with Crippen LogP contribution in [0.15, 0.2) is 42.5 Å². The number of aromatic nitrogens is 4. The highest BCUT2D eigenvalue weighted by molar-refractivity contribution is 5.90. The van der Waals surface area contributed by atoms with Crippen LogP contribution in [-0.2, 0) is 29.4 Å². The lowest BCUT2D eigenvalue weighted by Gasteiger charge is -2.14. The lowest BCUT2D eigenvalue weighted by molar-refractivity contribution is -0.119. The van der Waals surface area contributed by atoms with Crippen molar-refractivity contribution in [2.24, 2.45) is 7.05 Å². The average molecular weight is 452 g/mol. The van der Waals surface area contributed by atoms with Crippen molar-refractivity contribution >= 4 is 17.7 Å². The van der Waals surface area contributed by atoms with E-state index in [9.17, 15) is 14.0 Å². The maximum atomic E-state index is 14.9. The van der Waals surface area contributed by atoms with Gasteiger partial charge in [-0.05, 0) is 52.6 Å². The molecule has 1 N–H and O–H groups in total. The molecule has 172 valence electrons. The van der Waals surface area contributed by atoms with Gasteiger partial charge < -0.3 is 10.1 Å². The predicted molar refractivity (Wildman–Crippen MR) is 119 cm³/mol. The molecule has 2 aromatic carbocycles. The van der Waals surface area contributed by atoms with Gasteiger partial charge in [0.1, 0.15) is 11.9 Å². The van der Waals surface area contributed by atoms with Gasteiger partial charge in [-0.25, -0.2) is 13.9 Å². The third kappa shape index (κ3) is 5.33. The smallest absolute Gasteiger partial charge is 0.414 e. The summed E-state index contributed by atoms with van der Waals surface area (Å²) in [7, 11) is 1.82. The number of halogens is 1. The first kappa shape index (κ1) is 22.4. The third-order valence-electron chi connectivity index (χ3n) is 5.56.